The standard InChI is InChI=1S/C20H33N3O2/c1-14(2)15(3)23-20(21-4)22-13-16-9-8-12-18(24-5)19(16)25-17-10-6-7-11-17/h8-9,12,14-15,17H,6-7,10-11,13H2,1-5H3,(H2,21,22,23). The molecule has 1 aliphatic rings. The van der Waals surface area contributed by atoms with Crippen LogP contribution in [-0.4, -0.2) is 32.3 Å². The molecule has 0 spiro atoms. The summed E-state index contributed by atoms with van der Waals surface area (Å²) in [7, 11) is 3.49. The third kappa shape index (κ3) is 5.55. The lowest BCUT2D eigenvalue weighted by molar-refractivity contribution is 0.198. The van der Waals surface area contributed by atoms with E-state index in [2.05, 4.69) is 42.5 Å². The van der Waals surface area contributed by atoms with Gasteiger partial charge in [-0.2, -0.15) is 0 Å². The highest BCUT2D eigenvalue weighted by molar-refractivity contribution is 5.80. The molecule has 0 bridgehead atoms. The molecule has 140 valence electrons. The highest BCUT2D eigenvalue weighted by atomic mass is 16.5. The first-order valence-electron chi connectivity index (χ1n) is 9.34. The van der Waals surface area contributed by atoms with E-state index in [0.717, 1.165) is 35.9 Å². The van der Waals surface area contributed by atoms with Gasteiger partial charge in [0.2, 0.25) is 0 Å². The van der Waals surface area contributed by atoms with Gasteiger partial charge in [0.25, 0.3) is 0 Å². The molecule has 5 nitrogen and oxygen atoms in total. The van der Waals surface area contributed by atoms with Crippen molar-refractivity contribution >= 4 is 5.96 Å². The maximum Gasteiger partial charge on any atom is 0.191 e. The van der Waals surface area contributed by atoms with E-state index in [1.807, 2.05) is 12.1 Å². The zero-order valence-corrected chi connectivity index (χ0v) is 16.3. The maximum atomic E-state index is 6.29. The Morgan fingerprint density at radius 1 is 1.24 bits per heavy atom. The van der Waals surface area contributed by atoms with E-state index in [1.165, 1.54) is 12.8 Å². The average molecular weight is 348 g/mol. The smallest absolute Gasteiger partial charge is 0.191 e. The summed E-state index contributed by atoms with van der Waals surface area (Å²) in [6.45, 7) is 7.20. The van der Waals surface area contributed by atoms with Crippen LogP contribution in [0.2, 0.25) is 0 Å². The van der Waals surface area contributed by atoms with Crippen molar-refractivity contribution in [2.45, 2.75) is 65.1 Å². The first-order chi connectivity index (χ1) is 12.0. The third-order valence-corrected chi connectivity index (χ3v) is 4.90. The number of hydrogen-bond acceptors (Lipinski definition) is 3. The fraction of sp³-hybridized carbons (Fsp3) is 0.650. The van der Waals surface area contributed by atoms with Crippen LogP contribution in [-0.2, 0) is 6.54 Å². The predicted molar refractivity (Wildman–Crippen MR) is 104 cm³/mol. The van der Waals surface area contributed by atoms with Crippen molar-refractivity contribution in [1.82, 2.24) is 10.6 Å². The Balaban J connectivity index is 2.07. The average Bonchev–Trinajstić information content (AvgIpc) is 3.12. The molecular weight excluding hydrogens is 314 g/mol. The van der Waals surface area contributed by atoms with E-state index >= 15 is 0 Å². The van der Waals surface area contributed by atoms with Gasteiger partial charge in [0.15, 0.2) is 17.5 Å². The number of guanidine groups is 1. The Bertz CT molecular complexity index is 566. The van der Waals surface area contributed by atoms with Crippen molar-refractivity contribution in [3.05, 3.63) is 23.8 Å². The molecule has 1 atom stereocenters. The summed E-state index contributed by atoms with van der Waals surface area (Å²) >= 11 is 0. The minimum Gasteiger partial charge on any atom is -0.493 e. The van der Waals surface area contributed by atoms with Gasteiger partial charge >= 0.3 is 0 Å². The van der Waals surface area contributed by atoms with Gasteiger partial charge in [-0.1, -0.05) is 26.0 Å². The van der Waals surface area contributed by atoms with E-state index in [4.69, 9.17) is 9.47 Å². The lowest BCUT2D eigenvalue weighted by atomic mass is 10.1. The number of rotatable bonds is 7. The number of benzene rings is 1. The van der Waals surface area contributed by atoms with E-state index in [0.29, 0.717) is 24.6 Å². The second-order valence-corrected chi connectivity index (χ2v) is 7.08. The molecule has 0 heterocycles. The molecular formula is C20H33N3O2. The fourth-order valence-electron chi connectivity index (χ4n) is 2.92. The fourth-order valence-corrected chi connectivity index (χ4v) is 2.92. The van der Waals surface area contributed by atoms with E-state index in [9.17, 15) is 0 Å². The molecule has 0 saturated heterocycles. The second-order valence-electron chi connectivity index (χ2n) is 7.08. The lowest BCUT2D eigenvalue weighted by Crippen LogP contribution is -2.43. The van der Waals surface area contributed by atoms with E-state index in [-0.39, 0.29) is 0 Å². The van der Waals surface area contributed by atoms with Gasteiger partial charge in [-0.25, -0.2) is 0 Å². The van der Waals surface area contributed by atoms with Crippen LogP contribution in [0.3, 0.4) is 0 Å². The topological polar surface area (TPSA) is 54.9 Å². The zero-order valence-electron chi connectivity index (χ0n) is 16.3. The first kappa shape index (κ1) is 19.4. The quantitative estimate of drug-likeness (QED) is 0.583. The largest absolute Gasteiger partial charge is 0.493 e. The lowest BCUT2D eigenvalue weighted by Gasteiger charge is -2.22. The minimum atomic E-state index is 0.299. The number of nitrogens with one attached hydrogen (secondary N) is 2. The number of nitrogens with zero attached hydrogens (tertiary/aromatic N) is 1. The van der Waals surface area contributed by atoms with Crippen molar-refractivity contribution in [2.24, 2.45) is 10.9 Å². The molecule has 1 saturated carbocycles. The summed E-state index contributed by atoms with van der Waals surface area (Å²) < 4.78 is 11.8. The van der Waals surface area contributed by atoms with E-state index in [1.54, 1.807) is 14.2 Å². The summed E-state index contributed by atoms with van der Waals surface area (Å²) in [4.78, 5) is 4.32. The van der Waals surface area contributed by atoms with E-state index < -0.39 is 0 Å². The normalized spacial score (nSPS) is 16.8. The molecule has 5 heteroatoms. The van der Waals surface area contributed by atoms with Gasteiger partial charge in [-0.05, 0) is 44.6 Å². The van der Waals surface area contributed by atoms with Crippen LogP contribution in [0.25, 0.3) is 0 Å². The Morgan fingerprint density at radius 3 is 2.56 bits per heavy atom. The molecule has 0 amide bonds. The summed E-state index contributed by atoms with van der Waals surface area (Å²) in [6, 6.07) is 6.40. The molecule has 0 radical (unpaired) electrons. The Labute approximate surface area is 152 Å². The minimum absolute atomic E-state index is 0.299. The number of ether oxygens (including phenoxy) is 2. The van der Waals surface area contributed by atoms with Crippen LogP contribution >= 0.6 is 0 Å². The van der Waals surface area contributed by atoms with Crippen LogP contribution in [0.5, 0.6) is 11.5 Å². The van der Waals surface area contributed by atoms with Gasteiger partial charge in [0.05, 0.1) is 13.2 Å². The molecule has 1 unspecified atom stereocenters. The molecule has 2 N–H and O–H groups in total. The number of aliphatic imine (C=N–C) groups is 1. The SMILES string of the molecule is CN=C(NCc1cccc(OC)c1OC1CCCC1)NC(C)C(C)C. The third-order valence-electron chi connectivity index (χ3n) is 4.90. The molecule has 1 aromatic carbocycles. The Kier molecular flexibility index (Phi) is 7.41. The van der Waals surface area contributed by atoms with Crippen molar-refractivity contribution in [3.8, 4) is 11.5 Å². The zero-order chi connectivity index (χ0) is 18.2. The maximum absolute atomic E-state index is 6.29. The molecule has 0 aromatic heterocycles. The Morgan fingerprint density at radius 2 is 1.96 bits per heavy atom. The van der Waals surface area contributed by atoms with Gasteiger partial charge < -0.3 is 20.1 Å². The first-order valence-corrected chi connectivity index (χ1v) is 9.34. The summed E-state index contributed by atoms with van der Waals surface area (Å²) in [5.41, 5.74) is 1.09. The summed E-state index contributed by atoms with van der Waals surface area (Å²) in [5.74, 6) is 2.99. The monoisotopic (exact) mass is 347 g/mol. The molecule has 2 rings (SSSR count). The van der Waals surface area contributed by atoms with Crippen LogP contribution in [0, 0.1) is 5.92 Å². The van der Waals surface area contributed by atoms with Crippen molar-refractivity contribution in [1.29, 1.82) is 0 Å². The molecule has 0 aliphatic heterocycles. The van der Waals surface area contributed by atoms with Crippen LogP contribution in [0.1, 0.15) is 52.0 Å². The molecule has 1 aromatic rings. The van der Waals surface area contributed by atoms with Crippen molar-refractivity contribution < 1.29 is 9.47 Å². The molecule has 25 heavy (non-hydrogen) atoms. The number of hydrogen-bond donors (Lipinski definition) is 2. The van der Waals surface area contributed by atoms with Crippen LogP contribution in [0.15, 0.2) is 23.2 Å². The van der Waals surface area contributed by atoms with Gasteiger partial charge in [-0.3, -0.25) is 4.99 Å². The van der Waals surface area contributed by atoms with Gasteiger partial charge in [0, 0.05) is 25.2 Å². The van der Waals surface area contributed by atoms with Crippen LogP contribution in [0.4, 0.5) is 0 Å². The summed E-state index contributed by atoms with van der Waals surface area (Å²) in [6.07, 6.45) is 5.04. The van der Waals surface area contributed by atoms with Gasteiger partial charge in [0.1, 0.15) is 0 Å². The summed E-state index contributed by atoms with van der Waals surface area (Å²) in [5, 5.41) is 6.82. The molecule has 1 fully saturated rings. The second kappa shape index (κ2) is 9.54. The van der Waals surface area contributed by atoms with Crippen molar-refractivity contribution in [2.75, 3.05) is 14.2 Å². The Hall–Kier alpha value is -1.91. The van der Waals surface area contributed by atoms with Gasteiger partial charge in [-0.15, -0.1) is 0 Å². The van der Waals surface area contributed by atoms with Crippen LogP contribution < -0.4 is 20.1 Å². The highest BCUT2D eigenvalue weighted by Crippen LogP contribution is 2.34. The number of methoxy groups -OCH3 is 1. The van der Waals surface area contributed by atoms with Crippen molar-refractivity contribution in [3.63, 3.8) is 0 Å². The predicted octanol–water partition coefficient (Wildman–Crippen LogP) is 3.73. The highest BCUT2D eigenvalue weighted by Gasteiger charge is 2.20. The number of para-hydroxylation sites is 1. The molecule has 1 aliphatic carbocycles.